The van der Waals surface area contributed by atoms with Crippen LogP contribution in [0.5, 0.6) is 0 Å². The minimum Gasteiger partial charge on any atom is -0.383 e. The van der Waals surface area contributed by atoms with Crippen molar-refractivity contribution in [3.05, 3.63) is 16.4 Å². The van der Waals surface area contributed by atoms with E-state index in [1.54, 1.807) is 7.11 Å². The number of aromatic nitrogens is 2. The van der Waals surface area contributed by atoms with Crippen molar-refractivity contribution in [2.45, 2.75) is 59.2 Å². The Balaban J connectivity index is 2.72. The van der Waals surface area contributed by atoms with Crippen LogP contribution in [0.25, 0.3) is 0 Å². The lowest BCUT2D eigenvalue weighted by Gasteiger charge is -2.17. The molecule has 0 saturated heterocycles. The molecule has 1 atom stereocenters. The minimum atomic E-state index is 0.372. The fourth-order valence-corrected chi connectivity index (χ4v) is 2.56. The molecule has 1 rings (SSSR count). The maximum absolute atomic E-state index is 6.39. The van der Waals surface area contributed by atoms with Gasteiger partial charge in [-0.25, -0.2) is 0 Å². The molecule has 0 bridgehead atoms. The van der Waals surface area contributed by atoms with Gasteiger partial charge in [-0.2, -0.15) is 5.10 Å². The Morgan fingerprint density at radius 2 is 2.11 bits per heavy atom. The Hall–Kier alpha value is -0.580. The van der Waals surface area contributed by atoms with Gasteiger partial charge in [-0.15, -0.1) is 0 Å². The highest BCUT2D eigenvalue weighted by Crippen LogP contribution is 2.21. The van der Waals surface area contributed by atoms with E-state index < -0.39 is 0 Å². The molecule has 0 saturated carbocycles. The molecule has 110 valence electrons. The molecule has 1 heterocycles. The SMILES string of the molecule is CCCC(COC)NCc1c(Cl)c(CC)nn1CC. The second-order valence-electron chi connectivity index (χ2n) is 4.70. The van der Waals surface area contributed by atoms with Gasteiger partial charge in [0, 0.05) is 26.2 Å². The second kappa shape index (κ2) is 8.56. The van der Waals surface area contributed by atoms with Gasteiger partial charge in [0.2, 0.25) is 0 Å². The van der Waals surface area contributed by atoms with Crippen molar-refractivity contribution < 1.29 is 4.74 Å². The number of ether oxygens (including phenoxy) is 1. The molecule has 0 radical (unpaired) electrons. The van der Waals surface area contributed by atoms with E-state index in [1.165, 1.54) is 0 Å². The molecule has 0 fully saturated rings. The maximum atomic E-state index is 6.39. The van der Waals surface area contributed by atoms with Crippen molar-refractivity contribution in [1.29, 1.82) is 0 Å². The molecule has 5 heteroatoms. The van der Waals surface area contributed by atoms with Crippen LogP contribution in [-0.2, 0) is 24.2 Å². The number of nitrogens with one attached hydrogen (secondary N) is 1. The largest absolute Gasteiger partial charge is 0.383 e. The van der Waals surface area contributed by atoms with Crippen molar-refractivity contribution in [3.8, 4) is 0 Å². The van der Waals surface area contributed by atoms with Crippen LogP contribution in [0.3, 0.4) is 0 Å². The van der Waals surface area contributed by atoms with Gasteiger partial charge < -0.3 is 10.1 Å². The molecule has 1 N–H and O–H groups in total. The van der Waals surface area contributed by atoms with E-state index >= 15 is 0 Å². The quantitative estimate of drug-likeness (QED) is 0.759. The first kappa shape index (κ1) is 16.5. The van der Waals surface area contributed by atoms with Crippen LogP contribution >= 0.6 is 11.6 Å². The van der Waals surface area contributed by atoms with E-state index in [0.29, 0.717) is 6.04 Å². The smallest absolute Gasteiger partial charge is 0.0863 e. The molecule has 0 aliphatic carbocycles. The number of rotatable bonds is 9. The first-order valence-corrected chi connectivity index (χ1v) is 7.51. The maximum Gasteiger partial charge on any atom is 0.0863 e. The third-order valence-electron chi connectivity index (χ3n) is 3.26. The molecular formula is C14H26ClN3O. The van der Waals surface area contributed by atoms with Crippen LogP contribution in [0.15, 0.2) is 0 Å². The fourth-order valence-electron chi connectivity index (χ4n) is 2.22. The van der Waals surface area contributed by atoms with Crippen LogP contribution in [0, 0.1) is 0 Å². The zero-order valence-electron chi connectivity index (χ0n) is 12.5. The zero-order chi connectivity index (χ0) is 14.3. The van der Waals surface area contributed by atoms with Gasteiger partial charge in [-0.1, -0.05) is 31.9 Å². The summed E-state index contributed by atoms with van der Waals surface area (Å²) in [5, 5.41) is 8.86. The monoisotopic (exact) mass is 287 g/mol. The Labute approximate surface area is 121 Å². The molecule has 1 aromatic rings. The molecule has 1 aromatic heterocycles. The highest BCUT2D eigenvalue weighted by molar-refractivity contribution is 6.31. The summed E-state index contributed by atoms with van der Waals surface area (Å²) in [5.74, 6) is 0. The normalized spacial score (nSPS) is 12.9. The van der Waals surface area contributed by atoms with E-state index in [9.17, 15) is 0 Å². The molecule has 0 aliphatic heterocycles. The summed E-state index contributed by atoms with van der Waals surface area (Å²) in [6, 6.07) is 0.372. The summed E-state index contributed by atoms with van der Waals surface area (Å²) in [5.41, 5.74) is 2.07. The summed E-state index contributed by atoms with van der Waals surface area (Å²) >= 11 is 6.39. The van der Waals surface area contributed by atoms with Crippen molar-refractivity contribution in [2.24, 2.45) is 0 Å². The summed E-state index contributed by atoms with van der Waals surface area (Å²) in [6.07, 6.45) is 3.11. The van der Waals surface area contributed by atoms with E-state index in [-0.39, 0.29) is 0 Å². The molecule has 4 nitrogen and oxygen atoms in total. The van der Waals surface area contributed by atoms with Gasteiger partial charge >= 0.3 is 0 Å². The van der Waals surface area contributed by atoms with Gasteiger partial charge in [0.25, 0.3) is 0 Å². The molecule has 0 aromatic carbocycles. The summed E-state index contributed by atoms with van der Waals surface area (Å²) in [4.78, 5) is 0. The third-order valence-corrected chi connectivity index (χ3v) is 3.69. The number of nitrogens with zero attached hydrogens (tertiary/aromatic N) is 2. The van der Waals surface area contributed by atoms with Crippen LogP contribution in [0.1, 0.15) is 45.0 Å². The number of halogens is 1. The number of hydrogen-bond acceptors (Lipinski definition) is 3. The molecule has 1 unspecified atom stereocenters. The van der Waals surface area contributed by atoms with Crippen molar-refractivity contribution in [3.63, 3.8) is 0 Å². The first-order chi connectivity index (χ1) is 9.17. The Bertz CT molecular complexity index is 373. The molecule has 0 aliphatic rings. The lowest BCUT2D eigenvalue weighted by atomic mass is 10.2. The van der Waals surface area contributed by atoms with Crippen LogP contribution in [0.4, 0.5) is 0 Å². The van der Waals surface area contributed by atoms with E-state index in [1.807, 2.05) is 4.68 Å². The predicted octanol–water partition coefficient (Wildman–Crippen LogP) is 3.02. The molecule has 0 amide bonds. The lowest BCUT2D eigenvalue weighted by Crippen LogP contribution is -2.33. The molecular weight excluding hydrogens is 262 g/mol. The third kappa shape index (κ3) is 4.48. The second-order valence-corrected chi connectivity index (χ2v) is 5.08. The van der Waals surface area contributed by atoms with Gasteiger partial charge in [0.15, 0.2) is 0 Å². The predicted molar refractivity (Wildman–Crippen MR) is 79.7 cm³/mol. The van der Waals surface area contributed by atoms with Gasteiger partial charge in [0.05, 0.1) is 23.0 Å². The standard InChI is InChI=1S/C14H26ClN3O/c1-5-8-11(10-19-4)16-9-13-14(15)12(6-2)17-18(13)7-3/h11,16H,5-10H2,1-4H3. The van der Waals surface area contributed by atoms with Gasteiger partial charge in [-0.3, -0.25) is 4.68 Å². The van der Waals surface area contributed by atoms with Crippen LogP contribution < -0.4 is 5.32 Å². The highest BCUT2D eigenvalue weighted by Gasteiger charge is 2.15. The number of aryl methyl sites for hydroxylation is 2. The van der Waals surface area contributed by atoms with Gasteiger partial charge in [0.1, 0.15) is 0 Å². The number of hydrogen-bond donors (Lipinski definition) is 1. The molecule has 19 heavy (non-hydrogen) atoms. The van der Waals surface area contributed by atoms with Crippen LogP contribution in [0.2, 0.25) is 5.02 Å². The van der Waals surface area contributed by atoms with Gasteiger partial charge in [-0.05, 0) is 19.8 Å². The van der Waals surface area contributed by atoms with E-state index in [2.05, 4.69) is 31.2 Å². The van der Waals surface area contributed by atoms with Crippen molar-refractivity contribution in [1.82, 2.24) is 15.1 Å². The number of methoxy groups -OCH3 is 1. The minimum absolute atomic E-state index is 0.372. The van der Waals surface area contributed by atoms with Crippen molar-refractivity contribution in [2.75, 3.05) is 13.7 Å². The summed E-state index contributed by atoms with van der Waals surface area (Å²) in [6.45, 7) is 8.67. The first-order valence-electron chi connectivity index (χ1n) is 7.14. The Morgan fingerprint density at radius 1 is 1.37 bits per heavy atom. The average molecular weight is 288 g/mol. The molecule has 0 spiro atoms. The topological polar surface area (TPSA) is 39.1 Å². The fraction of sp³-hybridized carbons (Fsp3) is 0.786. The zero-order valence-corrected chi connectivity index (χ0v) is 13.3. The highest BCUT2D eigenvalue weighted by atomic mass is 35.5. The average Bonchev–Trinajstić information content (AvgIpc) is 2.72. The summed E-state index contributed by atoms with van der Waals surface area (Å²) in [7, 11) is 1.74. The Kier molecular flexibility index (Phi) is 7.42. The van der Waals surface area contributed by atoms with Crippen molar-refractivity contribution >= 4 is 11.6 Å². The summed E-state index contributed by atoms with van der Waals surface area (Å²) < 4.78 is 7.23. The van der Waals surface area contributed by atoms with Crippen LogP contribution in [-0.4, -0.2) is 29.5 Å². The van der Waals surface area contributed by atoms with E-state index in [4.69, 9.17) is 16.3 Å². The Morgan fingerprint density at radius 3 is 2.63 bits per heavy atom. The lowest BCUT2D eigenvalue weighted by molar-refractivity contribution is 0.161. The van der Waals surface area contributed by atoms with E-state index in [0.717, 1.165) is 55.4 Å².